The van der Waals surface area contributed by atoms with Gasteiger partial charge < -0.3 is 24.3 Å². The number of amides is 1. The van der Waals surface area contributed by atoms with E-state index < -0.39 is 56.6 Å². The molecule has 0 bridgehead atoms. The van der Waals surface area contributed by atoms with Gasteiger partial charge in [0.1, 0.15) is 11.4 Å². The fourth-order valence-electron chi connectivity index (χ4n) is 3.05. The molecule has 2 heterocycles. The van der Waals surface area contributed by atoms with Crippen LogP contribution in [0, 0.1) is 0 Å². The first kappa shape index (κ1) is 23.9. The molecule has 10 nitrogen and oxygen atoms in total. The number of esters is 2. The van der Waals surface area contributed by atoms with E-state index in [0.29, 0.717) is 0 Å². The number of rotatable bonds is 8. The van der Waals surface area contributed by atoms with Crippen molar-refractivity contribution in [2.45, 2.75) is 62.1 Å². The van der Waals surface area contributed by atoms with Gasteiger partial charge >= 0.3 is 41.5 Å². The number of carbonyl (C=O) groups excluding carboxylic acids is 4. The molecule has 2 saturated heterocycles. The molecular weight excluding hydrogens is 393 g/mol. The zero-order valence-electron chi connectivity index (χ0n) is 15.4. The number of nitrogens with zero attached hydrogens (tertiary/aromatic N) is 1. The molecule has 0 unspecified atom stereocenters. The quantitative estimate of drug-likeness (QED) is 0.126. The van der Waals surface area contributed by atoms with Crippen molar-refractivity contribution in [2.24, 2.45) is 0 Å². The smallest absolute Gasteiger partial charge is 0.550 e. The molecule has 0 aromatic heterocycles. The molecule has 0 aromatic rings. The molecule has 2 atom stereocenters. The number of unbranched alkanes of at least 4 members (excludes halogenated alkanes) is 1. The van der Waals surface area contributed by atoms with Gasteiger partial charge in [0.15, 0.2) is 9.84 Å². The fraction of sp³-hybridized carbons (Fsp3) is 0.733. The van der Waals surface area contributed by atoms with Crippen molar-refractivity contribution < 1.29 is 71.7 Å². The minimum atomic E-state index is -3.71. The average molecular weight is 413 g/mol. The standard InChI is InChI=1S/C15H21NO9S.Na/c1-15(2)13(16-9(17)7-10(16)26(15,22)23)14(21)25-8-24-12(20)6-4-3-5-11(18)19;/h10,13H,3-8H2,1-2H3,(H,18,19);/q;+1/p-1/t10-,13+;/m1./s1. The molecular formula is C15H20NNaO9S. The number of carboxylic acid groups (broad SMARTS) is 1. The van der Waals surface area contributed by atoms with E-state index in [1.165, 1.54) is 13.8 Å². The maximum absolute atomic E-state index is 12.4. The van der Waals surface area contributed by atoms with Crippen molar-refractivity contribution in [3.05, 3.63) is 0 Å². The molecule has 12 heteroatoms. The first-order valence-electron chi connectivity index (χ1n) is 8.07. The summed E-state index contributed by atoms with van der Waals surface area (Å²) in [6.45, 7) is 1.99. The summed E-state index contributed by atoms with van der Waals surface area (Å²) in [4.78, 5) is 46.7. The van der Waals surface area contributed by atoms with Crippen LogP contribution in [0.15, 0.2) is 0 Å². The summed E-state index contributed by atoms with van der Waals surface area (Å²) in [7, 11) is -3.71. The van der Waals surface area contributed by atoms with E-state index in [-0.39, 0.29) is 61.7 Å². The topological polar surface area (TPSA) is 147 Å². The van der Waals surface area contributed by atoms with Crippen LogP contribution in [0.25, 0.3) is 0 Å². The van der Waals surface area contributed by atoms with Gasteiger partial charge in [-0.25, -0.2) is 13.2 Å². The van der Waals surface area contributed by atoms with Gasteiger partial charge in [0.25, 0.3) is 0 Å². The van der Waals surface area contributed by atoms with Crippen LogP contribution in [0.1, 0.15) is 46.0 Å². The summed E-state index contributed by atoms with van der Waals surface area (Å²) in [5, 5.41) is 9.22. The average Bonchev–Trinajstić information content (AvgIpc) is 2.65. The predicted molar refractivity (Wildman–Crippen MR) is 82.6 cm³/mol. The second-order valence-electron chi connectivity index (χ2n) is 6.69. The Hall–Kier alpha value is -1.17. The zero-order chi connectivity index (χ0) is 19.7. The molecule has 1 amide bonds. The van der Waals surface area contributed by atoms with E-state index in [4.69, 9.17) is 9.47 Å². The minimum Gasteiger partial charge on any atom is -0.550 e. The van der Waals surface area contributed by atoms with Crippen LogP contribution >= 0.6 is 0 Å². The molecule has 0 N–H and O–H groups in total. The van der Waals surface area contributed by atoms with Crippen molar-refractivity contribution in [3.63, 3.8) is 0 Å². The molecule has 146 valence electrons. The second kappa shape index (κ2) is 8.89. The van der Waals surface area contributed by atoms with Gasteiger partial charge in [0.2, 0.25) is 12.7 Å². The number of fused-ring (bicyclic) bond motifs is 1. The number of β-lactam (4-membered cyclic amide) rings is 1. The number of hydrogen-bond donors (Lipinski definition) is 0. The maximum atomic E-state index is 12.4. The van der Waals surface area contributed by atoms with E-state index in [2.05, 4.69) is 0 Å². The summed E-state index contributed by atoms with van der Waals surface area (Å²) < 4.78 is 32.8. The largest absolute Gasteiger partial charge is 1.00 e. The Morgan fingerprint density at radius 2 is 1.78 bits per heavy atom. The van der Waals surface area contributed by atoms with Crippen LogP contribution in [-0.2, 0) is 38.5 Å². The minimum absolute atomic E-state index is 0. The number of carbonyl (C=O) groups is 4. The fourth-order valence-corrected chi connectivity index (χ4v) is 5.17. The summed E-state index contributed by atoms with van der Waals surface area (Å²) in [6.07, 6.45) is 0.151. The van der Waals surface area contributed by atoms with Crippen LogP contribution in [0.5, 0.6) is 0 Å². The first-order valence-corrected chi connectivity index (χ1v) is 9.61. The van der Waals surface area contributed by atoms with Crippen LogP contribution in [0.4, 0.5) is 0 Å². The molecule has 0 spiro atoms. The molecule has 0 aliphatic carbocycles. The third-order valence-electron chi connectivity index (χ3n) is 4.63. The first-order chi connectivity index (χ1) is 12.0. The molecule has 2 fully saturated rings. The van der Waals surface area contributed by atoms with Gasteiger partial charge in [-0.05, 0) is 33.1 Å². The van der Waals surface area contributed by atoms with Gasteiger partial charge in [-0.3, -0.25) is 9.59 Å². The van der Waals surface area contributed by atoms with Gasteiger partial charge in [-0.15, -0.1) is 0 Å². The third-order valence-corrected chi connectivity index (χ3v) is 7.43. The monoisotopic (exact) mass is 413 g/mol. The van der Waals surface area contributed by atoms with E-state index in [9.17, 15) is 32.7 Å². The zero-order valence-corrected chi connectivity index (χ0v) is 18.2. The van der Waals surface area contributed by atoms with Gasteiger partial charge in [-0.1, -0.05) is 0 Å². The van der Waals surface area contributed by atoms with Crippen molar-refractivity contribution in [1.82, 2.24) is 4.90 Å². The van der Waals surface area contributed by atoms with Crippen molar-refractivity contribution >= 4 is 33.7 Å². The Kier molecular flexibility index (Phi) is 7.86. The van der Waals surface area contributed by atoms with Crippen LogP contribution < -0.4 is 34.7 Å². The number of hydrogen-bond acceptors (Lipinski definition) is 9. The van der Waals surface area contributed by atoms with Gasteiger partial charge in [0.05, 0.1) is 11.2 Å². The molecule has 2 aliphatic rings. The van der Waals surface area contributed by atoms with Gasteiger partial charge in [0, 0.05) is 12.4 Å². The summed E-state index contributed by atoms with van der Waals surface area (Å²) in [6, 6.07) is -1.29. The van der Waals surface area contributed by atoms with Crippen LogP contribution in [0.2, 0.25) is 0 Å². The Bertz CT molecular complexity index is 734. The van der Waals surface area contributed by atoms with Crippen molar-refractivity contribution in [3.8, 4) is 0 Å². The SMILES string of the molecule is CC1(C)[C@H](C(=O)OCOC(=O)CCCCC(=O)[O-])N2C(=O)C[C@H]2S1(=O)=O.[Na+]. The van der Waals surface area contributed by atoms with E-state index in [1.54, 1.807) is 0 Å². The molecule has 0 radical (unpaired) electrons. The van der Waals surface area contributed by atoms with E-state index in [0.717, 1.165) is 4.90 Å². The summed E-state index contributed by atoms with van der Waals surface area (Å²) in [5.41, 5.74) is 0. The van der Waals surface area contributed by atoms with Crippen molar-refractivity contribution in [2.75, 3.05) is 6.79 Å². The summed E-state index contributed by atoms with van der Waals surface area (Å²) >= 11 is 0. The Morgan fingerprint density at radius 1 is 1.19 bits per heavy atom. The van der Waals surface area contributed by atoms with Crippen molar-refractivity contribution in [1.29, 1.82) is 0 Å². The number of sulfone groups is 1. The van der Waals surface area contributed by atoms with Gasteiger partial charge in [-0.2, -0.15) is 0 Å². The van der Waals surface area contributed by atoms with E-state index >= 15 is 0 Å². The molecule has 2 rings (SSSR count). The number of aliphatic carboxylic acids is 1. The molecule has 2 aliphatic heterocycles. The predicted octanol–water partition coefficient (Wildman–Crippen LogP) is -4.52. The second-order valence-corrected chi connectivity index (χ2v) is 9.37. The Labute approximate surface area is 178 Å². The van der Waals surface area contributed by atoms with Crippen LogP contribution in [0.3, 0.4) is 0 Å². The maximum Gasteiger partial charge on any atom is 1.00 e. The molecule has 0 saturated carbocycles. The Morgan fingerprint density at radius 3 is 2.33 bits per heavy atom. The molecule has 27 heavy (non-hydrogen) atoms. The number of carboxylic acids is 1. The third kappa shape index (κ3) is 4.64. The normalized spacial score (nSPS) is 24.2. The van der Waals surface area contributed by atoms with E-state index in [1.807, 2.05) is 0 Å². The number of ether oxygens (including phenoxy) is 2. The van der Waals surface area contributed by atoms with Crippen LogP contribution in [-0.4, -0.2) is 60.1 Å². The summed E-state index contributed by atoms with van der Waals surface area (Å²) in [5.74, 6) is -3.30. The molecule has 0 aromatic carbocycles. The Balaban J connectivity index is 0.00000364.